The van der Waals surface area contributed by atoms with Gasteiger partial charge in [-0.05, 0) is 30.0 Å². The highest BCUT2D eigenvalue weighted by atomic mass is 32.2. The summed E-state index contributed by atoms with van der Waals surface area (Å²) in [5, 5.41) is 9.27. The minimum Gasteiger partial charge on any atom is -0.478 e. The van der Waals surface area contributed by atoms with Gasteiger partial charge < -0.3 is 16.6 Å². The second-order valence-corrected chi connectivity index (χ2v) is 4.48. The molecule has 1 aromatic carbocycles. The summed E-state index contributed by atoms with van der Waals surface area (Å²) in [5.41, 5.74) is 11.3. The van der Waals surface area contributed by atoms with Crippen molar-refractivity contribution in [3.05, 3.63) is 35.9 Å². The van der Waals surface area contributed by atoms with Gasteiger partial charge in [0, 0.05) is 11.0 Å². The Bertz CT molecular complexity index is 583. The van der Waals surface area contributed by atoms with Crippen LogP contribution in [0.25, 0.3) is 0 Å². The van der Waals surface area contributed by atoms with Gasteiger partial charge in [0.1, 0.15) is 11.6 Å². The van der Waals surface area contributed by atoms with Crippen molar-refractivity contribution in [2.24, 2.45) is 0 Å². The molecule has 0 aliphatic rings. The van der Waals surface area contributed by atoms with E-state index in [1.54, 1.807) is 12.1 Å². The van der Waals surface area contributed by atoms with E-state index in [4.69, 9.17) is 16.6 Å². The second-order valence-electron chi connectivity index (χ2n) is 3.44. The molecule has 18 heavy (non-hydrogen) atoms. The van der Waals surface area contributed by atoms with Gasteiger partial charge in [0.2, 0.25) is 0 Å². The van der Waals surface area contributed by atoms with Gasteiger partial charge in [-0.3, -0.25) is 0 Å². The van der Waals surface area contributed by atoms with Crippen molar-refractivity contribution in [2.75, 3.05) is 11.5 Å². The number of nitrogen functional groups attached to an aromatic ring is 2. The molecule has 2 aromatic rings. The quantitative estimate of drug-likeness (QED) is 0.717. The van der Waals surface area contributed by atoms with Crippen molar-refractivity contribution in [2.45, 2.75) is 10.1 Å². The van der Waals surface area contributed by atoms with Crippen LogP contribution in [0.1, 0.15) is 10.4 Å². The predicted molar refractivity (Wildman–Crippen MR) is 68.4 cm³/mol. The third kappa shape index (κ3) is 2.89. The fourth-order valence-corrected chi connectivity index (χ4v) is 2.15. The van der Waals surface area contributed by atoms with E-state index in [1.165, 1.54) is 30.0 Å². The molecule has 0 radical (unpaired) electrons. The molecule has 0 saturated carbocycles. The van der Waals surface area contributed by atoms with Crippen LogP contribution in [0, 0.1) is 0 Å². The molecule has 1 aromatic heterocycles. The number of carbonyl (C=O) groups is 1. The molecular weight excluding hydrogens is 252 g/mol. The smallest absolute Gasteiger partial charge is 0.335 e. The number of carboxylic acids is 1. The third-order valence-corrected chi connectivity index (χ3v) is 2.89. The van der Waals surface area contributed by atoms with Crippen molar-refractivity contribution in [3.8, 4) is 0 Å². The molecule has 0 aliphatic carbocycles. The van der Waals surface area contributed by atoms with E-state index < -0.39 is 5.97 Å². The molecule has 0 spiro atoms. The number of carboxylic acid groups (broad SMARTS) is 1. The SMILES string of the molecule is Nc1cc(N)nc(Sc2cccc(C(=O)O)c2)n1. The number of hydrogen-bond acceptors (Lipinski definition) is 6. The minimum atomic E-state index is -0.981. The highest BCUT2D eigenvalue weighted by Gasteiger charge is 2.07. The zero-order chi connectivity index (χ0) is 13.1. The zero-order valence-corrected chi connectivity index (χ0v) is 10.0. The highest BCUT2D eigenvalue weighted by Crippen LogP contribution is 2.26. The normalized spacial score (nSPS) is 10.2. The molecule has 0 aliphatic heterocycles. The van der Waals surface area contributed by atoms with E-state index in [1.807, 2.05) is 0 Å². The van der Waals surface area contributed by atoms with Crippen LogP contribution in [0.3, 0.4) is 0 Å². The summed E-state index contributed by atoms with van der Waals surface area (Å²) in [6.45, 7) is 0. The molecule has 92 valence electrons. The lowest BCUT2D eigenvalue weighted by molar-refractivity contribution is 0.0696. The summed E-state index contributed by atoms with van der Waals surface area (Å²) in [4.78, 5) is 19.6. The largest absolute Gasteiger partial charge is 0.478 e. The molecule has 2 rings (SSSR count). The van der Waals surface area contributed by atoms with Gasteiger partial charge in [0.15, 0.2) is 5.16 Å². The number of nitrogens with zero attached hydrogens (tertiary/aromatic N) is 2. The lowest BCUT2D eigenvalue weighted by Crippen LogP contribution is -1.99. The molecule has 0 amide bonds. The van der Waals surface area contributed by atoms with Crippen molar-refractivity contribution in [1.82, 2.24) is 9.97 Å². The van der Waals surface area contributed by atoms with Crippen LogP contribution in [0.5, 0.6) is 0 Å². The van der Waals surface area contributed by atoms with Crippen LogP contribution in [-0.4, -0.2) is 21.0 Å². The van der Waals surface area contributed by atoms with Gasteiger partial charge in [0.25, 0.3) is 0 Å². The average Bonchev–Trinajstić information content (AvgIpc) is 2.27. The Hall–Kier alpha value is -2.28. The average molecular weight is 262 g/mol. The summed E-state index contributed by atoms with van der Waals surface area (Å²) < 4.78 is 0. The molecule has 0 saturated heterocycles. The highest BCUT2D eigenvalue weighted by molar-refractivity contribution is 7.99. The van der Waals surface area contributed by atoms with Crippen molar-refractivity contribution in [1.29, 1.82) is 0 Å². The monoisotopic (exact) mass is 262 g/mol. The summed E-state index contributed by atoms with van der Waals surface area (Å²) in [6, 6.07) is 7.93. The number of aromatic nitrogens is 2. The number of nitrogens with two attached hydrogens (primary N) is 2. The Morgan fingerprint density at radius 1 is 1.17 bits per heavy atom. The Kier molecular flexibility index (Phi) is 3.33. The first kappa shape index (κ1) is 12.2. The van der Waals surface area contributed by atoms with Gasteiger partial charge in [-0.2, -0.15) is 0 Å². The summed E-state index contributed by atoms with van der Waals surface area (Å²) in [7, 11) is 0. The topological polar surface area (TPSA) is 115 Å². The standard InChI is InChI=1S/C11H10N4O2S/c12-8-5-9(13)15-11(14-8)18-7-3-1-2-6(4-7)10(16)17/h1-5H,(H,16,17)(H4,12,13,14,15). The molecule has 7 heteroatoms. The summed E-state index contributed by atoms with van der Waals surface area (Å²) >= 11 is 1.20. The van der Waals surface area contributed by atoms with Crippen LogP contribution in [0.4, 0.5) is 11.6 Å². The van der Waals surface area contributed by atoms with Gasteiger partial charge in [-0.1, -0.05) is 6.07 Å². The fourth-order valence-electron chi connectivity index (χ4n) is 1.31. The van der Waals surface area contributed by atoms with E-state index >= 15 is 0 Å². The molecule has 0 unspecified atom stereocenters. The van der Waals surface area contributed by atoms with Crippen molar-refractivity contribution in [3.63, 3.8) is 0 Å². The number of aromatic carboxylic acids is 1. The Labute approximate surface area is 107 Å². The van der Waals surface area contributed by atoms with E-state index in [0.717, 1.165) is 0 Å². The molecule has 1 heterocycles. The van der Waals surface area contributed by atoms with Crippen LogP contribution >= 0.6 is 11.8 Å². The molecular formula is C11H10N4O2S. The van der Waals surface area contributed by atoms with E-state index in [-0.39, 0.29) is 17.2 Å². The third-order valence-electron chi connectivity index (χ3n) is 2.04. The molecule has 0 fully saturated rings. The van der Waals surface area contributed by atoms with Crippen molar-refractivity contribution < 1.29 is 9.90 Å². The molecule has 0 bridgehead atoms. The maximum Gasteiger partial charge on any atom is 0.335 e. The van der Waals surface area contributed by atoms with Gasteiger partial charge in [-0.25, -0.2) is 14.8 Å². The summed E-state index contributed by atoms with van der Waals surface area (Å²) in [5.74, 6) is -0.427. The first-order valence-corrected chi connectivity index (χ1v) is 5.77. The lowest BCUT2D eigenvalue weighted by atomic mass is 10.2. The molecule has 5 N–H and O–H groups in total. The van der Waals surface area contributed by atoms with Crippen LogP contribution in [0.2, 0.25) is 0 Å². The van der Waals surface area contributed by atoms with Crippen molar-refractivity contribution >= 4 is 29.4 Å². The van der Waals surface area contributed by atoms with E-state index in [9.17, 15) is 4.79 Å². The number of anilines is 2. The summed E-state index contributed by atoms with van der Waals surface area (Å²) in [6.07, 6.45) is 0. The first-order chi connectivity index (χ1) is 8.54. The fraction of sp³-hybridized carbons (Fsp3) is 0. The molecule has 6 nitrogen and oxygen atoms in total. The number of rotatable bonds is 3. The maximum atomic E-state index is 10.8. The molecule has 0 atom stereocenters. The number of benzene rings is 1. The minimum absolute atomic E-state index is 0.205. The van der Waals surface area contributed by atoms with Crippen LogP contribution < -0.4 is 11.5 Å². The number of hydrogen-bond donors (Lipinski definition) is 3. The Morgan fingerprint density at radius 2 is 1.83 bits per heavy atom. The van der Waals surface area contributed by atoms with Crippen LogP contribution in [-0.2, 0) is 0 Å². The predicted octanol–water partition coefficient (Wildman–Crippen LogP) is 1.49. The second kappa shape index (κ2) is 4.92. The van der Waals surface area contributed by atoms with E-state index in [2.05, 4.69) is 9.97 Å². The lowest BCUT2D eigenvalue weighted by Gasteiger charge is -2.03. The van der Waals surface area contributed by atoms with Gasteiger partial charge in [-0.15, -0.1) is 0 Å². The Morgan fingerprint density at radius 3 is 2.44 bits per heavy atom. The first-order valence-electron chi connectivity index (χ1n) is 4.96. The van der Waals surface area contributed by atoms with Crippen LogP contribution in [0.15, 0.2) is 40.4 Å². The Balaban J connectivity index is 2.28. The zero-order valence-electron chi connectivity index (χ0n) is 9.20. The van der Waals surface area contributed by atoms with E-state index in [0.29, 0.717) is 10.1 Å². The maximum absolute atomic E-state index is 10.8. The van der Waals surface area contributed by atoms with Gasteiger partial charge >= 0.3 is 5.97 Å². The van der Waals surface area contributed by atoms with Gasteiger partial charge in [0.05, 0.1) is 5.56 Å².